The largest absolute Gasteiger partial charge is 0.480 e. The van der Waals surface area contributed by atoms with E-state index in [0.717, 1.165) is 51.4 Å². The molecule has 0 saturated heterocycles. The molecule has 0 radical (unpaired) electrons. The number of esters is 2. The average molecular weight is 531 g/mol. The van der Waals surface area contributed by atoms with Gasteiger partial charge in [0.1, 0.15) is 12.2 Å². The first-order valence-electron chi connectivity index (χ1n) is 13.8. The van der Waals surface area contributed by atoms with Crippen molar-refractivity contribution in [3.05, 3.63) is 48.0 Å². The van der Waals surface area contributed by atoms with Crippen LogP contribution in [0.1, 0.15) is 96.5 Å². The second kappa shape index (κ2) is 15.9. The third-order valence-electron chi connectivity index (χ3n) is 7.12. The molecule has 2 fully saturated rings. The van der Waals surface area contributed by atoms with Gasteiger partial charge in [0.2, 0.25) is 0 Å². The molecular weight excluding hydrogens is 488 g/mol. The molecular formula is C30H42O8. The molecule has 0 aromatic heterocycles. The van der Waals surface area contributed by atoms with E-state index in [9.17, 15) is 29.4 Å². The summed E-state index contributed by atoms with van der Waals surface area (Å²) in [6, 6.07) is 8.17. The van der Waals surface area contributed by atoms with Crippen LogP contribution in [0.25, 0.3) is 0 Å². The molecule has 2 N–H and O–H groups in total. The lowest BCUT2D eigenvalue weighted by Gasteiger charge is -2.26. The summed E-state index contributed by atoms with van der Waals surface area (Å²) in [6.45, 7) is 3.89. The number of hydrogen-bond acceptors (Lipinski definition) is 6. The summed E-state index contributed by atoms with van der Waals surface area (Å²) in [6.07, 6.45) is 13.7. The number of carbonyl (C=O) groups excluding carboxylic acids is 2. The zero-order valence-corrected chi connectivity index (χ0v) is 22.6. The highest BCUT2D eigenvalue weighted by molar-refractivity contribution is 6.04. The van der Waals surface area contributed by atoms with Gasteiger partial charge in [-0.1, -0.05) is 57.0 Å². The van der Waals surface area contributed by atoms with E-state index in [1.807, 2.05) is 13.8 Å². The van der Waals surface area contributed by atoms with E-state index in [1.165, 1.54) is 25.0 Å². The van der Waals surface area contributed by atoms with Crippen molar-refractivity contribution in [3.8, 4) is 0 Å². The van der Waals surface area contributed by atoms with Crippen LogP contribution in [0.4, 0.5) is 0 Å². The van der Waals surface area contributed by atoms with Crippen molar-refractivity contribution in [2.45, 2.75) is 109 Å². The molecule has 38 heavy (non-hydrogen) atoms. The second-order valence-electron chi connectivity index (χ2n) is 10.5. The molecule has 0 unspecified atom stereocenters. The molecule has 0 spiro atoms. The van der Waals surface area contributed by atoms with Gasteiger partial charge in [-0.25, -0.2) is 9.59 Å². The number of hydrogen-bond donors (Lipinski definition) is 2. The quantitative estimate of drug-likeness (QED) is 0.220. The van der Waals surface area contributed by atoms with E-state index in [0.29, 0.717) is 12.0 Å². The highest BCUT2D eigenvalue weighted by atomic mass is 16.5. The van der Waals surface area contributed by atoms with Gasteiger partial charge in [-0.3, -0.25) is 9.59 Å². The Labute approximate surface area is 225 Å². The lowest BCUT2D eigenvalue weighted by atomic mass is 9.75. The monoisotopic (exact) mass is 530 g/mol. The van der Waals surface area contributed by atoms with E-state index in [-0.39, 0.29) is 24.5 Å². The minimum atomic E-state index is -1.84. The number of carboxylic acid groups (broad SMARTS) is 2. The minimum Gasteiger partial charge on any atom is -0.480 e. The van der Waals surface area contributed by atoms with Gasteiger partial charge in [-0.15, -0.1) is 0 Å². The summed E-state index contributed by atoms with van der Waals surface area (Å²) >= 11 is 0. The van der Waals surface area contributed by atoms with Crippen LogP contribution >= 0.6 is 0 Å². The summed E-state index contributed by atoms with van der Waals surface area (Å²) in [5.74, 6) is -3.22. The van der Waals surface area contributed by atoms with Gasteiger partial charge < -0.3 is 19.7 Å². The fourth-order valence-electron chi connectivity index (χ4n) is 4.83. The topological polar surface area (TPSA) is 127 Å². The normalized spacial score (nSPS) is 16.9. The van der Waals surface area contributed by atoms with Gasteiger partial charge in [-0.05, 0) is 75.7 Å². The van der Waals surface area contributed by atoms with Crippen molar-refractivity contribution in [3.63, 3.8) is 0 Å². The van der Waals surface area contributed by atoms with Crippen LogP contribution in [0.2, 0.25) is 0 Å². The van der Waals surface area contributed by atoms with E-state index >= 15 is 0 Å². The molecule has 210 valence electrons. The zero-order valence-electron chi connectivity index (χ0n) is 22.6. The zero-order chi connectivity index (χ0) is 28.0. The number of carbonyl (C=O) groups is 4. The Bertz CT molecular complexity index is 877. The molecule has 0 aliphatic heterocycles. The Morgan fingerprint density at radius 2 is 1.21 bits per heavy atom. The molecule has 1 aromatic rings. The Kier molecular flexibility index (Phi) is 13.0. The first-order chi connectivity index (χ1) is 18.1. The summed E-state index contributed by atoms with van der Waals surface area (Å²) in [7, 11) is 0. The predicted molar refractivity (Wildman–Crippen MR) is 143 cm³/mol. The highest BCUT2D eigenvalue weighted by Crippen LogP contribution is 2.32. The van der Waals surface area contributed by atoms with E-state index in [4.69, 9.17) is 9.47 Å². The van der Waals surface area contributed by atoms with Crippen LogP contribution in [0, 0.1) is 5.92 Å². The molecule has 0 bridgehead atoms. The fraction of sp³-hybridized carbons (Fsp3) is 0.600. The van der Waals surface area contributed by atoms with Crippen molar-refractivity contribution in [2.75, 3.05) is 0 Å². The maximum atomic E-state index is 11.6. The summed E-state index contributed by atoms with van der Waals surface area (Å²) in [5, 5.41) is 18.8. The van der Waals surface area contributed by atoms with Gasteiger partial charge >= 0.3 is 23.9 Å². The molecule has 1 aromatic carbocycles. The standard InChI is InChI=1S/C16H24O4.C14H18O4/c17-15(19-13-7-3-1-4-8-13)11-12-16(18)20-14-9-5-2-6-10-14;1-10(2)8-9-14(12(15)16,13(17)18)11-6-4-3-5-7-11/h11-14H,1-10H2;3-7,10H,8-9H2,1-2H3,(H,15,16)(H,17,18)/b12-11-;. The molecule has 0 amide bonds. The van der Waals surface area contributed by atoms with Crippen LogP contribution in [-0.2, 0) is 34.1 Å². The van der Waals surface area contributed by atoms with Gasteiger partial charge in [0.05, 0.1) is 0 Å². The van der Waals surface area contributed by atoms with Crippen LogP contribution < -0.4 is 0 Å². The van der Waals surface area contributed by atoms with Crippen molar-refractivity contribution < 1.29 is 38.9 Å². The molecule has 0 atom stereocenters. The lowest BCUT2D eigenvalue weighted by molar-refractivity contribution is -0.158. The number of carboxylic acids is 2. The van der Waals surface area contributed by atoms with Crippen LogP contribution in [0.15, 0.2) is 42.5 Å². The van der Waals surface area contributed by atoms with Gasteiger partial charge in [0, 0.05) is 12.2 Å². The van der Waals surface area contributed by atoms with E-state index in [1.54, 1.807) is 30.3 Å². The third-order valence-corrected chi connectivity index (χ3v) is 7.12. The van der Waals surface area contributed by atoms with Crippen LogP contribution in [0.5, 0.6) is 0 Å². The van der Waals surface area contributed by atoms with E-state index in [2.05, 4.69) is 0 Å². The Morgan fingerprint density at radius 3 is 1.58 bits per heavy atom. The van der Waals surface area contributed by atoms with Crippen molar-refractivity contribution >= 4 is 23.9 Å². The molecule has 8 nitrogen and oxygen atoms in total. The maximum absolute atomic E-state index is 11.6. The molecule has 3 rings (SSSR count). The Hall–Kier alpha value is -3.16. The Morgan fingerprint density at radius 1 is 0.789 bits per heavy atom. The predicted octanol–water partition coefficient (Wildman–Crippen LogP) is 5.82. The smallest absolute Gasteiger partial charge is 0.331 e. The minimum absolute atomic E-state index is 0.0234. The molecule has 0 heterocycles. The van der Waals surface area contributed by atoms with Gasteiger partial charge in [0.15, 0.2) is 5.41 Å². The van der Waals surface area contributed by atoms with Crippen molar-refractivity contribution in [2.24, 2.45) is 5.92 Å². The number of ether oxygens (including phenoxy) is 2. The second-order valence-corrected chi connectivity index (χ2v) is 10.5. The Balaban J connectivity index is 0.000000269. The van der Waals surface area contributed by atoms with Gasteiger partial charge in [-0.2, -0.15) is 0 Å². The summed E-state index contributed by atoms with van der Waals surface area (Å²) in [5.41, 5.74) is -1.52. The molecule has 8 heteroatoms. The molecule has 2 saturated carbocycles. The summed E-state index contributed by atoms with van der Waals surface area (Å²) < 4.78 is 10.6. The van der Waals surface area contributed by atoms with Crippen LogP contribution in [-0.4, -0.2) is 46.3 Å². The number of aliphatic carboxylic acids is 2. The molecule has 2 aliphatic rings. The average Bonchev–Trinajstić information content (AvgIpc) is 2.89. The van der Waals surface area contributed by atoms with Crippen molar-refractivity contribution in [1.82, 2.24) is 0 Å². The highest BCUT2D eigenvalue weighted by Gasteiger charge is 2.47. The van der Waals surface area contributed by atoms with E-state index < -0.39 is 29.3 Å². The van der Waals surface area contributed by atoms with Gasteiger partial charge in [0.25, 0.3) is 0 Å². The van der Waals surface area contributed by atoms with Crippen molar-refractivity contribution in [1.29, 1.82) is 0 Å². The third kappa shape index (κ3) is 9.95. The number of benzene rings is 1. The maximum Gasteiger partial charge on any atom is 0.331 e. The lowest BCUT2D eigenvalue weighted by Crippen LogP contribution is -2.44. The number of rotatable bonds is 10. The SMILES string of the molecule is CC(C)CCC(C(=O)O)(C(=O)O)c1ccccc1.O=C(/C=C\C(=O)OC1CCCCC1)OC1CCCCC1. The fourth-order valence-corrected chi connectivity index (χ4v) is 4.83. The first-order valence-corrected chi connectivity index (χ1v) is 13.8. The van der Waals surface area contributed by atoms with Crippen LogP contribution in [0.3, 0.4) is 0 Å². The molecule has 2 aliphatic carbocycles. The first kappa shape index (κ1) is 31.1. The summed E-state index contributed by atoms with van der Waals surface area (Å²) in [4.78, 5) is 46.2.